The van der Waals surface area contributed by atoms with Crippen molar-refractivity contribution in [3.63, 3.8) is 0 Å². The quantitative estimate of drug-likeness (QED) is 0.782. The van der Waals surface area contributed by atoms with E-state index >= 15 is 0 Å². The predicted molar refractivity (Wildman–Crippen MR) is 82.8 cm³/mol. The Morgan fingerprint density at radius 2 is 1.90 bits per heavy atom. The smallest absolute Gasteiger partial charge is 0.261 e. The lowest BCUT2D eigenvalue weighted by atomic mass is 10.0. The number of nitrogens with one attached hydrogen (secondary N) is 1. The Hall–Kier alpha value is -1.07. The third-order valence-corrected chi connectivity index (χ3v) is 5.58. The number of carbonyl (C=O) groups is 1. The Morgan fingerprint density at radius 3 is 2.38 bits per heavy atom. The van der Waals surface area contributed by atoms with Crippen LogP contribution in [0.15, 0.2) is 29.2 Å². The number of rotatable bonds is 7. The van der Waals surface area contributed by atoms with Crippen LogP contribution in [0.25, 0.3) is 0 Å². The Labute approximate surface area is 130 Å². The van der Waals surface area contributed by atoms with Crippen molar-refractivity contribution < 1.29 is 13.2 Å². The van der Waals surface area contributed by atoms with Gasteiger partial charge < -0.3 is 5.32 Å². The van der Waals surface area contributed by atoms with Gasteiger partial charge in [0.2, 0.25) is 5.91 Å². The van der Waals surface area contributed by atoms with Gasteiger partial charge in [-0.1, -0.05) is 19.1 Å². The molecule has 116 valence electrons. The molecular weight excluding hydrogens is 310 g/mol. The second-order valence-electron chi connectivity index (χ2n) is 5.71. The SMILES string of the molecule is CCC1(CNC(=O)CCc2ccc(S(=O)(=O)Cl)cc2)CC1. The van der Waals surface area contributed by atoms with Gasteiger partial charge in [0.05, 0.1) is 4.90 Å². The number of halogens is 1. The van der Waals surface area contributed by atoms with E-state index in [9.17, 15) is 13.2 Å². The van der Waals surface area contributed by atoms with Crippen molar-refractivity contribution in [2.24, 2.45) is 5.41 Å². The van der Waals surface area contributed by atoms with Crippen LogP contribution in [0.4, 0.5) is 0 Å². The van der Waals surface area contributed by atoms with Gasteiger partial charge in [-0.3, -0.25) is 4.79 Å². The van der Waals surface area contributed by atoms with E-state index in [-0.39, 0.29) is 10.8 Å². The van der Waals surface area contributed by atoms with Crippen LogP contribution in [-0.4, -0.2) is 20.9 Å². The number of carbonyl (C=O) groups excluding carboxylic acids is 1. The molecule has 4 nitrogen and oxygen atoms in total. The summed E-state index contributed by atoms with van der Waals surface area (Å²) in [6, 6.07) is 6.31. The second kappa shape index (κ2) is 6.36. The molecule has 21 heavy (non-hydrogen) atoms. The fraction of sp³-hybridized carbons (Fsp3) is 0.533. The molecule has 2 rings (SSSR count). The van der Waals surface area contributed by atoms with Crippen molar-refractivity contribution >= 4 is 25.6 Å². The fourth-order valence-corrected chi connectivity index (χ4v) is 3.05. The molecule has 1 aliphatic carbocycles. The molecule has 0 bridgehead atoms. The zero-order chi connectivity index (χ0) is 15.5. The molecule has 1 aromatic carbocycles. The van der Waals surface area contributed by atoms with Crippen LogP contribution in [-0.2, 0) is 20.3 Å². The average Bonchev–Trinajstić information content (AvgIpc) is 3.23. The first-order chi connectivity index (χ1) is 9.85. The molecule has 0 unspecified atom stereocenters. The van der Waals surface area contributed by atoms with Gasteiger partial charge in [-0.2, -0.15) is 0 Å². The standard InChI is InChI=1S/C15H20ClNO3S/c1-2-15(9-10-15)11-17-14(18)8-5-12-3-6-13(7-4-12)21(16,19)20/h3-4,6-7H,2,5,8-11H2,1H3,(H,17,18). The highest BCUT2D eigenvalue weighted by atomic mass is 35.7. The summed E-state index contributed by atoms with van der Waals surface area (Å²) in [6.45, 7) is 2.93. The van der Waals surface area contributed by atoms with Gasteiger partial charge >= 0.3 is 0 Å². The third kappa shape index (κ3) is 4.71. The molecule has 0 aromatic heterocycles. The van der Waals surface area contributed by atoms with Crippen LogP contribution >= 0.6 is 10.7 Å². The van der Waals surface area contributed by atoms with Crippen LogP contribution in [0.3, 0.4) is 0 Å². The van der Waals surface area contributed by atoms with Gasteiger partial charge in [-0.15, -0.1) is 0 Å². The minimum atomic E-state index is -3.68. The van der Waals surface area contributed by atoms with Crippen LogP contribution in [0.1, 0.15) is 38.2 Å². The van der Waals surface area contributed by atoms with Crippen molar-refractivity contribution in [1.82, 2.24) is 5.32 Å². The van der Waals surface area contributed by atoms with Crippen molar-refractivity contribution in [2.45, 2.75) is 43.9 Å². The predicted octanol–water partition coefficient (Wildman–Crippen LogP) is 2.85. The Morgan fingerprint density at radius 1 is 1.29 bits per heavy atom. The largest absolute Gasteiger partial charge is 0.356 e. The summed E-state index contributed by atoms with van der Waals surface area (Å²) in [5, 5.41) is 2.99. The molecule has 0 heterocycles. The van der Waals surface area contributed by atoms with Crippen LogP contribution < -0.4 is 5.32 Å². The summed E-state index contributed by atoms with van der Waals surface area (Å²) in [5.41, 5.74) is 1.28. The summed E-state index contributed by atoms with van der Waals surface area (Å²) in [4.78, 5) is 11.9. The Kier molecular flexibility index (Phi) is 4.94. The fourth-order valence-electron chi connectivity index (χ4n) is 2.28. The van der Waals surface area contributed by atoms with Gasteiger partial charge in [0.25, 0.3) is 9.05 Å². The molecule has 0 aliphatic heterocycles. The van der Waals surface area contributed by atoms with E-state index < -0.39 is 9.05 Å². The molecule has 0 radical (unpaired) electrons. The third-order valence-electron chi connectivity index (χ3n) is 4.21. The summed E-state index contributed by atoms with van der Waals surface area (Å²) in [7, 11) is 1.57. The van der Waals surface area contributed by atoms with Crippen LogP contribution in [0, 0.1) is 5.41 Å². The van der Waals surface area contributed by atoms with E-state index in [0.29, 0.717) is 18.3 Å². The highest BCUT2D eigenvalue weighted by molar-refractivity contribution is 8.13. The normalized spacial score (nSPS) is 16.5. The molecule has 6 heteroatoms. The van der Waals surface area contributed by atoms with E-state index in [1.807, 2.05) is 0 Å². The molecule has 1 N–H and O–H groups in total. The lowest BCUT2D eigenvalue weighted by Gasteiger charge is -2.13. The molecule has 1 aromatic rings. The first kappa shape index (κ1) is 16.3. The lowest BCUT2D eigenvalue weighted by molar-refractivity contribution is -0.121. The zero-order valence-corrected chi connectivity index (χ0v) is 13.6. The van der Waals surface area contributed by atoms with Gasteiger partial charge in [0.15, 0.2) is 0 Å². The van der Waals surface area contributed by atoms with E-state index in [1.165, 1.54) is 25.0 Å². The summed E-state index contributed by atoms with van der Waals surface area (Å²) in [6.07, 6.45) is 4.53. The lowest BCUT2D eigenvalue weighted by Crippen LogP contribution is -2.30. The monoisotopic (exact) mass is 329 g/mol. The maximum atomic E-state index is 11.8. The molecule has 1 amide bonds. The Balaban J connectivity index is 1.79. The van der Waals surface area contributed by atoms with E-state index in [1.54, 1.807) is 12.1 Å². The molecule has 1 aliphatic rings. The van der Waals surface area contributed by atoms with Gasteiger partial charge in [-0.05, 0) is 48.8 Å². The first-order valence-corrected chi connectivity index (χ1v) is 9.46. The number of hydrogen-bond acceptors (Lipinski definition) is 3. The van der Waals surface area contributed by atoms with Gasteiger partial charge in [0, 0.05) is 23.6 Å². The molecule has 1 fully saturated rings. The first-order valence-electron chi connectivity index (χ1n) is 7.15. The highest BCUT2D eigenvalue weighted by Crippen LogP contribution is 2.47. The van der Waals surface area contributed by atoms with E-state index in [2.05, 4.69) is 12.2 Å². The molecule has 1 saturated carbocycles. The van der Waals surface area contributed by atoms with Crippen LogP contribution in [0.5, 0.6) is 0 Å². The van der Waals surface area contributed by atoms with Crippen molar-refractivity contribution in [1.29, 1.82) is 0 Å². The number of hydrogen-bond donors (Lipinski definition) is 1. The summed E-state index contributed by atoms with van der Waals surface area (Å²) in [5.74, 6) is 0.0452. The van der Waals surface area contributed by atoms with E-state index in [4.69, 9.17) is 10.7 Å². The second-order valence-corrected chi connectivity index (χ2v) is 8.28. The van der Waals surface area contributed by atoms with Crippen LogP contribution in [0.2, 0.25) is 0 Å². The van der Waals surface area contributed by atoms with E-state index in [0.717, 1.165) is 18.5 Å². The number of aryl methyl sites for hydroxylation is 1. The average molecular weight is 330 g/mol. The van der Waals surface area contributed by atoms with Gasteiger partial charge in [0.1, 0.15) is 0 Å². The van der Waals surface area contributed by atoms with Crippen molar-refractivity contribution in [3.05, 3.63) is 29.8 Å². The number of amides is 1. The van der Waals surface area contributed by atoms with Crippen molar-refractivity contribution in [2.75, 3.05) is 6.54 Å². The maximum absolute atomic E-state index is 11.8. The molecule has 0 atom stereocenters. The Bertz CT molecular complexity index is 606. The van der Waals surface area contributed by atoms with Gasteiger partial charge in [-0.25, -0.2) is 8.42 Å². The molecule has 0 saturated heterocycles. The molecule has 0 spiro atoms. The molecular formula is C15H20ClNO3S. The van der Waals surface area contributed by atoms with Crippen molar-refractivity contribution in [3.8, 4) is 0 Å². The summed E-state index contributed by atoms with van der Waals surface area (Å²) >= 11 is 0. The topological polar surface area (TPSA) is 63.2 Å². The maximum Gasteiger partial charge on any atom is 0.261 e. The number of benzene rings is 1. The minimum absolute atomic E-state index is 0.0452. The summed E-state index contributed by atoms with van der Waals surface area (Å²) < 4.78 is 22.3. The minimum Gasteiger partial charge on any atom is -0.356 e. The highest BCUT2D eigenvalue weighted by Gasteiger charge is 2.40. The zero-order valence-electron chi connectivity index (χ0n) is 12.1.